The van der Waals surface area contributed by atoms with Crippen molar-refractivity contribution < 1.29 is 9.18 Å². The first-order chi connectivity index (χ1) is 12.6. The molecular weight excluding hydrogens is 335 g/mol. The zero-order chi connectivity index (χ0) is 18.5. The summed E-state index contributed by atoms with van der Waals surface area (Å²) in [5, 5.41) is 9.71. The summed E-state index contributed by atoms with van der Waals surface area (Å²) in [6, 6.07) is 4.74. The van der Waals surface area contributed by atoms with Gasteiger partial charge in [-0.05, 0) is 24.1 Å². The van der Waals surface area contributed by atoms with Crippen molar-refractivity contribution in [2.24, 2.45) is 0 Å². The lowest BCUT2D eigenvalue weighted by molar-refractivity contribution is -0.120. The van der Waals surface area contributed by atoms with Crippen molar-refractivity contribution in [1.29, 1.82) is 0 Å². The molecule has 0 bridgehead atoms. The summed E-state index contributed by atoms with van der Waals surface area (Å²) in [6.07, 6.45) is 6.80. The summed E-state index contributed by atoms with van der Waals surface area (Å²) >= 11 is 0. The van der Waals surface area contributed by atoms with Crippen LogP contribution in [0.2, 0.25) is 0 Å². The Morgan fingerprint density at radius 3 is 2.58 bits per heavy atom. The van der Waals surface area contributed by atoms with Gasteiger partial charge in [-0.15, -0.1) is 0 Å². The van der Waals surface area contributed by atoms with Gasteiger partial charge >= 0.3 is 0 Å². The molecule has 3 rings (SSSR count). The molecule has 2 N–H and O–H groups in total. The second kappa shape index (κ2) is 7.73. The van der Waals surface area contributed by atoms with Gasteiger partial charge in [-0.3, -0.25) is 9.48 Å². The molecule has 0 aliphatic carbocycles. The van der Waals surface area contributed by atoms with Crippen LogP contribution in [0.25, 0.3) is 11.1 Å². The maximum absolute atomic E-state index is 14.2. The molecule has 1 aromatic carbocycles. The van der Waals surface area contributed by atoms with E-state index in [0.717, 1.165) is 12.2 Å². The van der Waals surface area contributed by atoms with Crippen LogP contribution in [0.15, 0.2) is 43.0 Å². The van der Waals surface area contributed by atoms with Gasteiger partial charge < -0.3 is 10.6 Å². The number of carbonyl (C=O) groups is 1. The van der Waals surface area contributed by atoms with E-state index in [4.69, 9.17) is 0 Å². The molecular formula is C18H19FN6O. The Balaban J connectivity index is 1.73. The molecule has 0 aliphatic rings. The standard InChI is InChI=1S/C18H19FN6O/c1-3-25-11-15(10-23-25)24-18-21-8-14(9-22-18)12-4-5-13(16(19)6-12)7-17(26)20-2/h4-6,8-11H,3,7H2,1-2H3,(H,20,26)(H,21,22,24). The van der Waals surface area contributed by atoms with Gasteiger partial charge in [0.15, 0.2) is 0 Å². The summed E-state index contributed by atoms with van der Waals surface area (Å²) in [5.74, 6) is -0.233. The predicted octanol–water partition coefficient (Wildman–Crippen LogP) is 2.53. The van der Waals surface area contributed by atoms with Crippen LogP contribution in [0.3, 0.4) is 0 Å². The van der Waals surface area contributed by atoms with Crippen LogP contribution in [0.5, 0.6) is 0 Å². The number of hydrogen-bond donors (Lipinski definition) is 2. The molecule has 0 saturated carbocycles. The number of benzene rings is 1. The average Bonchev–Trinajstić information content (AvgIpc) is 3.11. The Hall–Kier alpha value is -3.29. The molecule has 7 nitrogen and oxygen atoms in total. The van der Waals surface area contributed by atoms with Gasteiger partial charge in [0, 0.05) is 37.7 Å². The van der Waals surface area contributed by atoms with Gasteiger partial charge in [-0.2, -0.15) is 5.10 Å². The van der Waals surface area contributed by atoms with Crippen LogP contribution in [-0.2, 0) is 17.8 Å². The van der Waals surface area contributed by atoms with E-state index in [9.17, 15) is 9.18 Å². The third kappa shape index (κ3) is 4.02. The third-order valence-corrected chi connectivity index (χ3v) is 3.88. The Kier molecular flexibility index (Phi) is 5.21. The van der Waals surface area contributed by atoms with E-state index in [1.165, 1.54) is 13.1 Å². The lowest BCUT2D eigenvalue weighted by atomic mass is 10.0. The van der Waals surface area contributed by atoms with Crippen LogP contribution in [-0.4, -0.2) is 32.7 Å². The number of nitrogens with zero attached hydrogens (tertiary/aromatic N) is 4. The van der Waals surface area contributed by atoms with Crippen molar-refractivity contribution in [3.63, 3.8) is 0 Å². The lowest BCUT2D eigenvalue weighted by Crippen LogP contribution is -2.20. The smallest absolute Gasteiger partial charge is 0.227 e. The van der Waals surface area contributed by atoms with Crippen molar-refractivity contribution in [3.05, 3.63) is 54.4 Å². The van der Waals surface area contributed by atoms with Gasteiger partial charge in [0.1, 0.15) is 5.82 Å². The molecule has 0 radical (unpaired) electrons. The average molecular weight is 354 g/mol. The fraction of sp³-hybridized carbons (Fsp3) is 0.222. The minimum Gasteiger partial charge on any atom is -0.359 e. The number of likely N-dealkylation sites (N-methyl/N-ethyl adjacent to an activating group) is 1. The Bertz CT molecular complexity index is 906. The molecule has 134 valence electrons. The van der Waals surface area contributed by atoms with Crippen LogP contribution in [0.1, 0.15) is 12.5 Å². The fourth-order valence-corrected chi connectivity index (χ4v) is 2.40. The van der Waals surface area contributed by atoms with Gasteiger partial charge in [0.25, 0.3) is 0 Å². The van der Waals surface area contributed by atoms with E-state index in [-0.39, 0.29) is 12.3 Å². The maximum Gasteiger partial charge on any atom is 0.227 e. The Labute approximate surface area is 150 Å². The predicted molar refractivity (Wildman–Crippen MR) is 96.4 cm³/mol. The Morgan fingerprint density at radius 2 is 1.96 bits per heavy atom. The number of halogens is 1. The van der Waals surface area contributed by atoms with Crippen LogP contribution >= 0.6 is 0 Å². The first-order valence-corrected chi connectivity index (χ1v) is 8.20. The molecule has 0 atom stereocenters. The third-order valence-electron chi connectivity index (χ3n) is 3.88. The highest BCUT2D eigenvalue weighted by Crippen LogP contribution is 2.22. The molecule has 26 heavy (non-hydrogen) atoms. The molecule has 3 aromatic rings. The summed E-state index contributed by atoms with van der Waals surface area (Å²) in [4.78, 5) is 19.9. The van der Waals surface area contributed by atoms with E-state index in [2.05, 4.69) is 25.7 Å². The molecule has 8 heteroatoms. The summed E-state index contributed by atoms with van der Waals surface area (Å²) in [7, 11) is 1.52. The molecule has 2 heterocycles. The van der Waals surface area contributed by atoms with Crippen molar-refractivity contribution in [3.8, 4) is 11.1 Å². The van der Waals surface area contributed by atoms with Gasteiger partial charge in [-0.1, -0.05) is 12.1 Å². The molecule has 0 aliphatic heterocycles. The second-order valence-electron chi connectivity index (χ2n) is 5.66. The van der Waals surface area contributed by atoms with Gasteiger partial charge in [0.05, 0.1) is 18.3 Å². The molecule has 0 saturated heterocycles. The normalized spacial score (nSPS) is 10.6. The highest BCUT2D eigenvalue weighted by Gasteiger charge is 2.09. The highest BCUT2D eigenvalue weighted by atomic mass is 19.1. The monoisotopic (exact) mass is 354 g/mol. The molecule has 2 aromatic heterocycles. The lowest BCUT2D eigenvalue weighted by Gasteiger charge is -2.07. The quantitative estimate of drug-likeness (QED) is 0.711. The van der Waals surface area contributed by atoms with E-state index in [1.807, 2.05) is 13.1 Å². The number of aromatic nitrogens is 4. The summed E-state index contributed by atoms with van der Waals surface area (Å²) in [6.45, 7) is 2.78. The van der Waals surface area contributed by atoms with Crippen molar-refractivity contribution >= 4 is 17.5 Å². The van der Waals surface area contributed by atoms with Gasteiger partial charge in [-0.25, -0.2) is 14.4 Å². The summed E-state index contributed by atoms with van der Waals surface area (Å²) in [5.41, 5.74) is 2.48. The van der Waals surface area contributed by atoms with Crippen molar-refractivity contribution in [1.82, 2.24) is 25.1 Å². The zero-order valence-corrected chi connectivity index (χ0v) is 14.5. The maximum atomic E-state index is 14.2. The van der Waals surface area contributed by atoms with E-state index < -0.39 is 5.82 Å². The number of nitrogens with one attached hydrogen (secondary N) is 2. The molecule has 1 amide bonds. The number of aryl methyl sites for hydroxylation is 1. The number of hydrogen-bond acceptors (Lipinski definition) is 5. The summed E-state index contributed by atoms with van der Waals surface area (Å²) < 4.78 is 16.0. The minimum absolute atomic E-state index is 0.00735. The van der Waals surface area contributed by atoms with Crippen LogP contribution in [0.4, 0.5) is 16.0 Å². The number of anilines is 2. The van der Waals surface area contributed by atoms with E-state index in [1.54, 1.807) is 35.4 Å². The van der Waals surface area contributed by atoms with Gasteiger partial charge in [0.2, 0.25) is 11.9 Å². The number of amides is 1. The minimum atomic E-state index is -0.430. The number of rotatable bonds is 6. The largest absolute Gasteiger partial charge is 0.359 e. The fourth-order valence-electron chi connectivity index (χ4n) is 2.40. The SMILES string of the molecule is CCn1cc(Nc2ncc(-c3ccc(CC(=O)NC)c(F)c3)cn2)cn1. The first kappa shape index (κ1) is 17.5. The molecule has 0 unspecified atom stereocenters. The van der Waals surface area contributed by atoms with Crippen LogP contribution < -0.4 is 10.6 Å². The molecule has 0 fully saturated rings. The van der Waals surface area contributed by atoms with Crippen molar-refractivity contribution in [2.75, 3.05) is 12.4 Å². The van der Waals surface area contributed by atoms with Crippen LogP contribution in [0, 0.1) is 5.82 Å². The number of carbonyl (C=O) groups excluding carboxylic acids is 1. The highest BCUT2D eigenvalue weighted by molar-refractivity contribution is 5.78. The Morgan fingerprint density at radius 1 is 1.19 bits per heavy atom. The van der Waals surface area contributed by atoms with E-state index >= 15 is 0 Å². The van der Waals surface area contributed by atoms with E-state index in [0.29, 0.717) is 22.6 Å². The van der Waals surface area contributed by atoms with Crippen molar-refractivity contribution in [2.45, 2.75) is 19.9 Å². The topological polar surface area (TPSA) is 84.7 Å². The first-order valence-electron chi connectivity index (χ1n) is 8.20. The molecule has 0 spiro atoms. The zero-order valence-electron chi connectivity index (χ0n) is 14.5. The second-order valence-corrected chi connectivity index (χ2v) is 5.66.